The lowest BCUT2D eigenvalue weighted by molar-refractivity contribution is -0.129. The number of ketones is 1. The quantitative estimate of drug-likeness (QED) is 0.599. The van der Waals surface area contributed by atoms with Gasteiger partial charge in [0.1, 0.15) is 11.3 Å². The number of para-hydroxylation sites is 3. The molecule has 0 radical (unpaired) electrons. The molecule has 26 heavy (non-hydrogen) atoms. The van der Waals surface area contributed by atoms with E-state index in [4.69, 9.17) is 9.15 Å². The van der Waals surface area contributed by atoms with Gasteiger partial charge in [0.2, 0.25) is 0 Å². The van der Waals surface area contributed by atoms with Crippen LogP contribution in [0.2, 0.25) is 0 Å². The molecular formula is C21H24N2O3. The van der Waals surface area contributed by atoms with Gasteiger partial charge in [-0.2, -0.15) is 4.98 Å². The van der Waals surface area contributed by atoms with Gasteiger partial charge in [0, 0.05) is 6.54 Å². The Morgan fingerprint density at radius 3 is 2.65 bits per heavy atom. The third kappa shape index (κ3) is 4.23. The van der Waals surface area contributed by atoms with E-state index in [0.717, 1.165) is 41.8 Å². The SMILES string of the molecule is CC(=O)C(C)(C)Oc1ccccc1CCCNc1nc2ccccc2o1. The molecule has 3 rings (SSSR count). The molecule has 136 valence electrons. The Morgan fingerprint density at radius 2 is 1.88 bits per heavy atom. The molecule has 0 spiro atoms. The monoisotopic (exact) mass is 352 g/mol. The molecule has 3 aromatic rings. The predicted octanol–water partition coefficient (Wildman–Crippen LogP) is 4.62. The van der Waals surface area contributed by atoms with Crippen LogP contribution in [-0.2, 0) is 11.2 Å². The first-order valence-electron chi connectivity index (χ1n) is 8.83. The topological polar surface area (TPSA) is 64.4 Å². The minimum atomic E-state index is -0.827. The molecular weight excluding hydrogens is 328 g/mol. The summed E-state index contributed by atoms with van der Waals surface area (Å²) in [7, 11) is 0. The maximum Gasteiger partial charge on any atom is 0.295 e. The second kappa shape index (κ2) is 7.60. The largest absolute Gasteiger partial charge is 0.480 e. The van der Waals surface area contributed by atoms with E-state index in [1.165, 1.54) is 0 Å². The Hall–Kier alpha value is -2.82. The number of fused-ring (bicyclic) bond motifs is 1. The van der Waals surface area contributed by atoms with Gasteiger partial charge in [-0.3, -0.25) is 4.79 Å². The summed E-state index contributed by atoms with van der Waals surface area (Å²) in [4.78, 5) is 16.1. The first-order chi connectivity index (χ1) is 12.5. The summed E-state index contributed by atoms with van der Waals surface area (Å²) in [6.07, 6.45) is 1.72. The molecule has 5 heteroatoms. The molecule has 1 heterocycles. The molecule has 2 aromatic carbocycles. The van der Waals surface area contributed by atoms with Gasteiger partial charge in [-0.05, 0) is 57.4 Å². The lowest BCUT2D eigenvalue weighted by Gasteiger charge is -2.25. The maximum absolute atomic E-state index is 11.7. The summed E-state index contributed by atoms with van der Waals surface area (Å²) in [5.41, 5.74) is 1.88. The highest BCUT2D eigenvalue weighted by Crippen LogP contribution is 2.25. The Kier molecular flexibility index (Phi) is 5.26. The van der Waals surface area contributed by atoms with Crippen LogP contribution < -0.4 is 10.1 Å². The zero-order valence-electron chi connectivity index (χ0n) is 15.4. The Bertz CT molecular complexity index is 866. The fraction of sp³-hybridized carbons (Fsp3) is 0.333. The fourth-order valence-electron chi connectivity index (χ4n) is 2.58. The van der Waals surface area contributed by atoms with E-state index in [0.29, 0.717) is 6.01 Å². The van der Waals surface area contributed by atoms with E-state index < -0.39 is 5.60 Å². The first kappa shape index (κ1) is 18.0. The first-order valence-corrected chi connectivity index (χ1v) is 8.83. The number of rotatable bonds is 8. The number of nitrogens with one attached hydrogen (secondary N) is 1. The number of hydrogen-bond acceptors (Lipinski definition) is 5. The molecule has 0 fully saturated rings. The van der Waals surface area contributed by atoms with Crippen molar-refractivity contribution in [1.82, 2.24) is 4.98 Å². The molecule has 0 aliphatic carbocycles. The van der Waals surface area contributed by atoms with Crippen LogP contribution in [0.3, 0.4) is 0 Å². The van der Waals surface area contributed by atoms with Gasteiger partial charge >= 0.3 is 0 Å². The Morgan fingerprint density at radius 1 is 1.15 bits per heavy atom. The van der Waals surface area contributed by atoms with Gasteiger partial charge in [0.05, 0.1) is 0 Å². The number of ether oxygens (including phenoxy) is 1. The van der Waals surface area contributed by atoms with E-state index in [1.54, 1.807) is 20.8 Å². The average Bonchev–Trinajstić information content (AvgIpc) is 3.02. The molecule has 1 aromatic heterocycles. The number of aromatic nitrogens is 1. The molecule has 5 nitrogen and oxygen atoms in total. The van der Waals surface area contributed by atoms with Crippen LogP contribution in [0, 0.1) is 0 Å². The third-order valence-electron chi connectivity index (χ3n) is 4.38. The predicted molar refractivity (Wildman–Crippen MR) is 103 cm³/mol. The number of carbonyl (C=O) groups excluding carboxylic acids is 1. The van der Waals surface area contributed by atoms with Crippen molar-refractivity contribution in [2.24, 2.45) is 0 Å². The van der Waals surface area contributed by atoms with Crippen molar-refractivity contribution in [2.45, 2.75) is 39.2 Å². The second-order valence-electron chi connectivity index (χ2n) is 6.79. The summed E-state index contributed by atoms with van der Waals surface area (Å²) >= 11 is 0. The van der Waals surface area contributed by atoms with Gasteiger partial charge in [-0.1, -0.05) is 30.3 Å². The highest BCUT2D eigenvalue weighted by Gasteiger charge is 2.26. The highest BCUT2D eigenvalue weighted by atomic mass is 16.5. The zero-order valence-corrected chi connectivity index (χ0v) is 15.4. The van der Waals surface area contributed by atoms with Crippen molar-refractivity contribution in [3.8, 4) is 5.75 Å². The number of anilines is 1. The normalized spacial score (nSPS) is 11.5. The lowest BCUT2D eigenvalue weighted by atomic mass is 10.0. The summed E-state index contributed by atoms with van der Waals surface area (Å²) in [6, 6.07) is 16.1. The lowest BCUT2D eigenvalue weighted by Crippen LogP contribution is -2.36. The fourth-order valence-corrected chi connectivity index (χ4v) is 2.58. The molecule has 0 unspecified atom stereocenters. The molecule has 0 saturated carbocycles. The third-order valence-corrected chi connectivity index (χ3v) is 4.38. The summed E-state index contributed by atoms with van der Waals surface area (Å²) in [5.74, 6) is 0.763. The van der Waals surface area contributed by atoms with Crippen LogP contribution in [0.5, 0.6) is 5.75 Å². The Labute approximate surface area is 153 Å². The number of carbonyl (C=O) groups is 1. The molecule has 0 atom stereocenters. The van der Waals surface area contributed by atoms with Crippen LogP contribution in [-0.4, -0.2) is 22.9 Å². The van der Waals surface area contributed by atoms with Gasteiger partial charge < -0.3 is 14.5 Å². The van der Waals surface area contributed by atoms with Crippen molar-refractivity contribution >= 4 is 22.9 Å². The van der Waals surface area contributed by atoms with Crippen molar-refractivity contribution < 1.29 is 13.9 Å². The van der Waals surface area contributed by atoms with Crippen LogP contribution in [0.15, 0.2) is 52.9 Å². The molecule has 0 aliphatic rings. The molecule has 0 saturated heterocycles. The summed E-state index contributed by atoms with van der Waals surface area (Å²) in [5, 5.41) is 3.22. The zero-order chi connectivity index (χ0) is 18.6. The van der Waals surface area contributed by atoms with Gasteiger partial charge in [0.25, 0.3) is 6.01 Å². The molecule has 1 N–H and O–H groups in total. The van der Waals surface area contributed by atoms with Crippen molar-refractivity contribution in [3.05, 3.63) is 54.1 Å². The number of nitrogens with zero attached hydrogens (tertiary/aromatic N) is 1. The second-order valence-corrected chi connectivity index (χ2v) is 6.79. The smallest absolute Gasteiger partial charge is 0.295 e. The average molecular weight is 352 g/mol. The van der Waals surface area contributed by atoms with Gasteiger partial charge in [0.15, 0.2) is 17.0 Å². The van der Waals surface area contributed by atoms with Gasteiger partial charge in [-0.25, -0.2) is 0 Å². The van der Waals surface area contributed by atoms with Crippen LogP contribution in [0.1, 0.15) is 32.8 Å². The summed E-state index contributed by atoms with van der Waals surface area (Å²) in [6.45, 7) is 5.87. The van der Waals surface area contributed by atoms with E-state index in [-0.39, 0.29) is 5.78 Å². The number of benzene rings is 2. The highest BCUT2D eigenvalue weighted by molar-refractivity contribution is 5.84. The minimum absolute atomic E-state index is 0.00456. The molecule has 0 aliphatic heterocycles. The number of Topliss-reactive ketones (excluding diaryl/α,β-unsaturated/α-hetero) is 1. The van der Waals surface area contributed by atoms with Crippen molar-refractivity contribution in [2.75, 3.05) is 11.9 Å². The minimum Gasteiger partial charge on any atom is -0.480 e. The van der Waals surface area contributed by atoms with E-state index >= 15 is 0 Å². The standard InChI is InChI=1S/C21H24N2O3/c1-15(24)21(2,3)26-18-12-6-4-9-16(18)10-8-14-22-20-23-17-11-5-7-13-19(17)25-20/h4-7,9,11-13H,8,10,14H2,1-3H3,(H,22,23). The van der Waals surface area contributed by atoms with Gasteiger partial charge in [-0.15, -0.1) is 0 Å². The van der Waals surface area contributed by atoms with E-state index in [9.17, 15) is 4.79 Å². The Balaban J connectivity index is 1.57. The van der Waals surface area contributed by atoms with Crippen LogP contribution >= 0.6 is 0 Å². The summed E-state index contributed by atoms with van der Waals surface area (Å²) < 4.78 is 11.6. The number of aryl methyl sites for hydroxylation is 1. The molecule has 0 bridgehead atoms. The number of hydrogen-bond donors (Lipinski definition) is 1. The maximum atomic E-state index is 11.7. The van der Waals surface area contributed by atoms with Crippen LogP contribution in [0.25, 0.3) is 11.1 Å². The number of oxazole rings is 1. The van der Waals surface area contributed by atoms with E-state index in [1.807, 2.05) is 48.5 Å². The van der Waals surface area contributed by atoms with Crippen LogP contribution in [0.4, 0.5) is 6.01 Å². The van der Waals surface area contributed by atoms with Crippen molar-refractivity contribution in [1.29, 1.82) is 0 Å². The van der Waals surface area contributed by atoms with E-state index in [2.05, 4.69) is 10.3 Å². The molecule has 0 amide bonds. The van der Waals surface area contributed by atoms with Crippen molar-refractivity contribution in [3.63, 3.8) is 0 Å².